The maximum absolute atomic E-state index is 13.4. The van der Waals surface area contributed by atoms with Crippen molar-refractivity contribution in [1.82, 2.24) is 4.90 Å². The third-order valence-corrected chi connectivity index (χ3v) is 7.60. The van der Waals surface area contributed by atoms with Gasteiger partial charge >= 0.3 is 0 Å². The highest BCUT2D eigenvalue weighted by atomic mass is 32.2. The molecule has 1 heterocycles. The molecule has 1 amide bonds. The summed E-state index contributed by atoms with van der Waals surface area (Å²) in [6.07, 6.45) is 0. The molecule has 1 saturated heterocycles. The van der Waals surface area contributed by atoms with E-state index in [4.69, 9.17) is 9.47 Å². The van der Waals surface area contributed by atoms with E-state index in [1.807, 2.05) is 19.1 Å². The summed E-state index contributed by atoms with van der Waals surface area (Å²) in [5.41, 5.74) is 3.90. The number of piperazine rings is 1. The molecule has 0 bridgehead atoms. The Labute approximate surface area is 212 Å². The van der Waals surface area contributed by atoms with Crippen molar-refractivity contribution >= 4 is 27.3 Å². The predicted molar refractivity (Wildman–Crippen MR) is 140 cm³/mol. The van der Waals surface area contributed by atoms with Gasteiger partial charge in [0.1, 0.15) is 5.75 Å². The molecule has 3 aromatic carbocycles. The quantitative estimate of drug-likeness (QED) is 0.461. The van der Waals surface area contributed by atoms with Gasteiger partial charge in [0.15, 0.2) is 6.79 Å². The second kappa shape index (κ2) is 11.0. The highest BCUT2D eigenvalue weighted by Gasteiger charge is 2.25. The first-order valence-corrected chi connectivity index (χ1v) is 13.2. The van der Waals surface area contributed by atoms with Crippen LogP contribution in [0, 0.1) is 13.8 Å². The van der Waals surface area contributed by atoms with Crippen LogP contribution in [0.1, 0.15) is 21.5 Å². The van der Waals surface area contributed by atoms with Gasteiger partial charge in [-0.2, -0.15) is 0 Å². The molecule has 1 aliphatic rings. The van der Waals surface area contributed by atoms with Crippen LogP contribution in [0.3, 0.4) is 0 Å². The van der Waals surface area contributed by atoms with E-state index >= 15 is 0 Å². The average Bonchev–Trinajstić information content (AvgIpc) is 2.88. The van der Waals surface area contributed by atoms with Crippen molar-refractivity contribution in [2.45, 2.75) is 18.7 Å². The van der Waals surface area contributed by atoms with Crippen LogP contribution in [0.2, 0.25) is 0 Å². The number of anilines is 2. The summed E-state index contributed by atoms with van der Waals surface area (Å²) in [6.45, 7) is 6.59. The Morgan fingerprint density at radius 3 is 2.28 bits per heavy atom. The van der Waals surface area contributed by atoms with Crippen molar-refractivity contribution < 1.29 is 22.7 Å². The Morgan fingerprint density at radius 2 is 1.61 bits per heavy atom. The Morgan fingerprint density at radius 1 is 0.917 bits per heavy atom. The summed E-state index contributed by atoms with van der Waals surface area (Å²) in [7, 11) is -2.37. The molecule has 0 aromatic heterocycles. The highest BCUT2D eigenvalue weighted by Crippen LogP contribution is 2.24. The summed E-state index contributed by atoms with van der Waals surface area (Å²) in [5, 5.41) is 0. The molecule has 8 nitrogen and oxygen atoms in total. The molecule has 1 aliphatic heterocycles. The largest absolute Gasteiger partial charge is 0.468 e. The van der Waals surface area contributed by atoms with E-state index in [0.29, 0.717) is 30.1 Å². The molecule has 0 spiro atoms. The Hall–Kier alpha value is -3.56. The molecule has 1 fully saturated rings. The molecular weight excluding hydrogens is 478 g/mol. The van der Waals surface area contributed by atoms with E-state index in [2.05, 4.69) is 28.7 Å². The third kappa shape index (κ3) is 5.80. The van der Waals surface area contributed by atoms with Gasteiger partial charge in [0.25, 0.3) is 15.9 Å². The summed E-state index contributed by atoms with van der Waals surface area (Å²) in [6, 6.07) is 19.4. The van der Waals surface area contributed by atoms with Crippen LogP contribution < -0.4 is 14.4 Å². The minimum atomic E-state index is -3.89. The molecule has 190 valence electrons. The van der Waals surface area contributed by atoms with Gasteiger partial charge in [-0.3, -0.25) is 9.52 Å². The summed E-state index contributed by atoms with van der Waals surface area (Å²) < 4.78 is 38.9. The molecule has 9 heteroatoms. The lowest BCUT2D eigenvalue weighted by atomic mass is 10.1. The third-order valence-electron chi connectivity index (χ3n) is 6.22. The van der Waals surface area contributed by atoms with Gasteiger partial charge in [0.2, 0.25) is 0 Å². The number of nitrogens with zero attached hydrogens (tertiary/aromatic N) is 2. The number of carbonyl (C=O) groups is 1. The number of sulfonamides is 1. The maximum Gasteiger partial charge on any atom is 0.261 e. The number of ether oxygens (including phenoxy) is 2. The zero-order chi connectivity index (χ0) is 25.7. The van der Waals surface area contributed by atoms with Gasteiger partial charge in [0, 0.05) is 50.2 Å². The molecular formula is C27H31N3O5S. The number of amides is 1. The van der Waals surface area contributed by atoms with Crippen molar-refractivity contribution in [3.63, 3.8) is 0 Å². The number of nitrogens with one attached hydrogen (secondary N) is 1. The number of aryl methyl sites for hydroxylation is 2. The van der Waals surface area contributed by atoms with E-state index in [-0.39, 0.29) is 17.6 Å². The van der Waals surface area contributed by atoms with Crippen molar-refractivity contribution in [2.75, 3.05) is 49.7 Å². The van der Waals surface area contributed by atoms with E-state index in [1.165, 1.54) is 30.5 Å². The molecule has 0 aliphatic carbocycles. The molecule has 3 aromatic rings. The van der Waals surface area contributed by atoms with Gasteiger partial charge in [-0.05, 0) is 67.4 Å². The van der Waals surface area contributed by atoms with E-state index in [9.17, 15) is 13.2 Å². The zero-order valence-electron chi connectivity index (χ0n) is 20.7. The number of carbonyl (C=O) groups excluding carboxylic acids is 1. The average molecular weight is 510 g/mol. The van der Waals surface area contributed by atoms with Crippen LogP contribution in [0.5, 0.6) is 5.75 Å². The standard InChI is InChI=1S/C27H31N3O5S/c1-20-8-13-24(36(32,33)28-22-9-11-23(12-10-22)35-19-34-3)18-25(20)27(31)30-16-14-29(15-17-30)26-7-5-4-6-21(26)2/h4-13,18,28H,14-17,19H2,1-3H3. The molecule has 0 unspecified atom stereocenters. The molecule has 0 radical (unpaired) electrons. The van der Waals surface area contributed by atoms with Crippen LogP contribution in [-0.2, 0) is 14.8 Å². The summed E-state index contributed by atoms with van der Waals surface area (Å²) >= 11 is 0. The Bertz CT molecular complexity index is 1320. The second-order valence-electron chi connectivity index (χ2n) is 8.72. The minimum absolute atomic E-state index is 0.0368. The predicted octanol–water partition coefficient (Wildman–Crippen LogP) is 4.05. The SMILES string of the molecule is COCOc1ccc(NS(=O)(=O)c2ccc(C)c(C(=O)N3CCN(c4ccccc4C)CC3)c2)cc1. The fraction of sp³-hybridized carbons (Fsp3) is 0.296. The molecule has 0 saturated carbocycles. The fourth-order valence-electron chi connectivity index (χ4n) is 4.20. The van der Waals surface area contributed by atoms with Gasteiger partial charge in [-0.25, -0.2) is 8.42 Å². The highest BCUT2D eigenvalue weighted by molar-refractivity contribution is 7.92. The van der Waals surface area contributed by atoms with Crippen molar-refractivity contribution in [1.29, 1.82) is 0 Å². The van der Waals surface area contributed by atoms with Crippen molar-refractivity contribution in [3.05, 3.63) is 83.4 Å². The van der Waals surface area contributed by atoms with E-state index in [1.54, 1.807) is 35.2 Å². The lowest BCUT2D eigenvalue weighted by Crippen LogP contribution is -2.49. The summed E-state index contributed by atoms with van der Waals surface area (Å²) in [5.74, 6) is 0.402. The number of methoxy groups -OCH3 is 1. The van der Waals surface area contributed by atoms with E-state index < -0.39 is 10.0 Å². The van der Waals surface area contributed by atoms with Crippen LogP contribution in [-0.4, -0.2) is 59.3 Å². The van der Waals surface area contributed by atoms with Crippen LogP contribution in [0.15, 0.2) is 71.6 Å². The summed E-state index contributed by atoms with van der Waals surface area (Å²) in [4.78, 5) is 17.5. The zero-order valence-corrected chi connectivity index (χ0v) is 21.5. The lowest BCUT2D eigenvalue weighted by Gasteiger charge is -2.37. The van der Waals surface area contributed by atoms with E-state index in [0.717, 1.165) is 18.7 Å². The number of benzene rings is 3. The van der Waals surface area contributed by atoms with Crippen LogP contribution in [0.4, 0.5) is 11.4 Å². The molecule has 0 atom stereocenters. The smallest absolute Gasteiger partial charge is 0.261 e. The Kier molecular flexibility index (Phi) is 7.81. The first-order chi connectivity index (χ1) is 17.3. The van der Waals surface area contributed by atoms with Gasteiger partial charge in [-0.15, -0.1) is 0 Å². The van der Waals surface area contributed by atoms with Gasteiger partial charge < -0.3 is 19.3 Å². The first-order valence-electron chi connectivity index (χ1n) is 11.7. The molecule has 1 N–H and O–H groups in total. The first kappa shape index (κ1) is 25.5. The van der Waals surface area contributed by atoms with Crippen LogP contribution in [0.25, 0.3) is 0 Å². The van der Waals surface area contributed by atoms with Crippen LogP contribution >= 0.6 is 0 Å². The number of rotatable bonds is 8. The van der Waals surface area contributed by atoms with Crippen molar-refractivity contribution in [2.24, 2.45) is 0 Å². The van der Waals surface area contributed by atoms with Crippen molar-refractivity contribution in [3.8, 4) is 5.75 Å². The second-order valence-corrected chi connectivity index (χ2v) is 10.4. The Balaban J connectivity index is 1.46. The normalized spacial score (nSPS) is 14.0. The topological polar surface area (TPSA) is 88.2 Å². The molecule has 36 heavy (non-hydrogen) atoms. The fourth-order valence-corrected chi connectivity index (χ4v) is 5.28. The number of hydrogen-bond acceptors (Lipinski definition) is 6. The minimum Gasteiger partial charge on any atom is -0.468 e. The van der Waals surface area contributed by atoms with Gasteiger partial charge in [-0.1, -0.05) is 24.3 Å². The number of hydrogen-bond donors (Lipinski definition) is 1. The monoisotopic (exact) mass is 509 g/mol. The number of para-hydroxylation sites is 1. The lowest BCUT2D eigenvalue weighted by molar-refractivity contribution is 0.0511. The maximum atomic E-state index is 13.4. The van der Waals surface area contributed by atoms with Gasteiger partial charge in [0.05, 0.1) is 4.90 Å². The molecule has 4 rings (SSSR count).